The molecule has 0 aliphatic carbocycles. The Kier molecular flexibility index (Phi) is 9.54. The molecule has 6 rings (SSSR count). The number of aromatic nitrogens is 2. The van der Waals surface area contributed by atoms with Gasteiger partial charge in [-0.2, -0.15) is 0 Å². The number of rotatable bonds is 9. The standard InChI is InChI=1S/C33H36ClN4O6P/c1-25-21-38(32(40)35-31(25)39)30-23-36(22-29(44-30)24-43-45(34,41)37-17-19-42-20-18-37)33(26-11-5-2-6-12-26,27-13-7-3-8-14-27)28-15-9-4-10-16-28/h2-16,21,29-30H,17-20,22-24H2,1H3,(H,35,39,40)/t29-,30+,45?/m0/s1. The molecule has 3 aromatic carbocycles. The average Bonchev–Trinajstić information content (AvgIpc) is 3.08. The largest absolute Gasteiger partial charge is 0.379 e. The van der Waals surface area contributed by atoms with Gasteiger partial charge in [0, 0.05) is 37.9 Å². The SMILES string of the molecule is Cc1cn([C@H]2CN(C(c3ccccc3)(c3ccccc3)c3ccccc3)C[C@@H](COP(=O)(Cl)N3CCOCC3)O2)c(=O)[nH]c1=O. The summed E-state index contributed by atoms with van der Waals surface area (Å²) in [6.07, 6.45) is 0.0540. The molecule has 2 aliphatic heterocycles. The minimum Gasteiger partial charge on any atom is -0.379 e. The number of hydrogen-bond donors (Lipinski definition) is 1. The van der Waals surface area contributed by atoms with Crippen LogP contribution in [-0.4, -0.2) is 71.2 Å². The van der Waals surface area contributed by atoms with E-state index in [1.807, 2.05) is 54.6 Å². The molecule has 0 saturated carbocycles. The van der Waals surface area contributed by atoms with Gasteiger partial charge in [0.15, 0.2) is 6.23 Å². The van der Waals surface area contributed by atoms with Gasteiger partial charge in [-0.3, -0.25) is 23.8 Å². The van der Waals surface area contributed by atoms with Gasteiger partial charge in [0.25, 0.3) is 5.56 Å². The highest BCUT2D eigenvalue weighted by atomic mass is 35.7. The van der Waals surface area contributed by atoms with E-state index in [1.54, 1.807) is 11.6 Å². The summed E-state index contributed by atoms with van der Waals surface area (Å²) >= 11 is 6.50. The fraction of sp³-hybridized carbons (Fsp3) is 0.333. The third-order valence-electron chi connectivity index (χ3n) is 8.40. The van der Waals surface area contributed by atoms with Crippen molar-refractivity contribution in [3.63, 3.8) is 0 Å². The van der Waals surface area contributed by atoms with E-state index in [-0.39, 0.29) is 13.2 Å². The van der Waals surface area contributed by atoms with Crippen LogP contribution in [0.3, 0.4) is 0 Å². The monoisotopic (exact) mass is 650 g/mol. The number of H-pyrrole nitrogens is 1. The molecule has 1 aromatic heterocycles. The van der Waals surface area contributed by atoms with Gasteiger partial charge in [-0.05, 0) is 34.9 Å². The van der Waals surface area contributed by atoms with Crippen LogP contribution in [0.5, 0.6) is 0 Å². The lowest BCUT2D eigenvalue weighted by molar-refractivity contribution is -0.148. The van der Waals surface area contributed by atoms with E-state index in [2.05, 4.69) is 46.3 Å². The second-order valence-electron chi connectivity index (χ2n) is 11.2. The summed E-state index contributed by atoms with van der Waals surface area (Å²) < 4.78 is 34.4. The number of benzene rings is 3. The first-order valence-corrected chi connectivity index (χ1v) is 17.4. The van der Waals surface area contributed by atoms with E-state index < -0.39 is 36.0 Å². The van der Waals surface area contributed by atoms with E-state index in [0.29, 0.717) is 38.4 Å². The number of aromatic amines is 1. The summed E-state index contributed by atoms with van der Waals surface area (Å²) in [7, 11) is 0. The summed E-state index contributed by atoms with van der Waals surface area (Å²) in [6, 6.07) is 30.6. The van der Waals surface area contributed by atoms with Crippen LogP contribution in [0.15, 0.2) is 107 Å². The number of hydrogen-bond acceptors (Lipinski definition) is 7. The van der Waals surface area contributed by atoms with Crippen LogP contribution in [0.25, 0.3) is 0 Å². The van der Waals surface area contributed by atoms with Crippen molar-refractivity contribution in [1.82, 2.24) is 19.1 Å². The lowest BCUT2D eigenvalue weighted by Crippen LogP contribution is -2.58. The van der Waals surface area contributed by atoms with Crippen LogP contribution in [0, 0.1) is 6.92 Å². The molecule has 0 bridgehead atoms. The lowest BCUT2D eigenvalue weighted by atomic mass is 9.75. The molecule has 236 valence electrons. The van der Waals surface area contributed by atoms with Gasteiger partial charge in [-0.15, -0.1) is 0 Å². The van der Waals surface area contributed by atoms with Gasteiger partial charge < -0.3 is 14.0 Å². The summed E-state index contributed by atoms with van der Waals surface area (Å²) in [5, 5.41) is 0. The van der Waals surface area contributed by atoms with Gasteiger partial charge in [-0.25, -0.2) is 9.46 Å². The van der Waals surface area contributed by atoms with Gasteiger partial charge in [0.1, 0.15) is 0 Å². The second-order valence-corrected chi connectivity index (χ2v) is 14.2. The average molecular weight is 651 g/mol. The molecular weight excluding hydrogens is 615 g/mol. The molecule has 3 atom stereocenters. The number of aryl methyl sites for hydroxylation is 1. The van der Waals surface area contributed by atoms with Crippen LogP contribution in [-0.2, 0) is 24.1 Å². The van der Waals surface area contributed by atoms with E-state index >= 15 is 0 Å². The zero-order valence-corrected chi connectivity index (χ0v) is 26.6. The van der Waals surface area contributed by atoms with Crippen LogP contribution in [0.1, 0.15) is 28.5 Å². The van der Waals surface area contributed by atoms with Crippen molar-refractivity contribution in [3.8, 4) is 0 Å². The second kappa shape index (κ2) is 13.6. The third kappa shape index (κ3) is 6.50. The number of nitrogens with one attached hydrogen (secondary N) is 1. The normalized spacial score (nSPS) is 21.3. The molecule has 1 N–H and O–H groups in total. The van der Waals surface area contributed by atoms with Crippen molar-refractivity contribution < 1.29 is 18.6 Å². The Hall–Kier alpha value is -3.34. The summed E-state index contributed by atoms with van der Waals surface area (Å²) in [6.45, 7) is 0.136. The molecule has 12 heteroatoms. The number of morpholine rings is 2. The molecule has 45 heavy (non-hydrogen) atoms. The topological polar surface area (TPSA) is 106 Å². The van der Waals surface area contributed by atoms with Crippen LogP contribution in [0.2, 0.25) is 0 Å². The van der Waals surface area contributed by atoms with Gasteiger partial charge in [0.05, 0.1) is 31.5 Å². The number of nitrogens with zero attached hydrogens (tertiary/aromatic N) is 3. The maximum absolute atomic E-state index is 13.5. The number of halogens is 1. The minimum atomic E-state index is -3.67. The zero-order valence-electron chi connectivity index (χ0n) is 25.0. The molecule has 2 saturated heterocycles. The Morgan fingerprint density at radius 2 is 1.42 bits per heavy atom. The maximum atomic E-state index is 13.5. The highest BCUT2D eigenvalue weighted by molar-refractivity contribution is 7.83. The molecule has 3 heterocycles. The molecule has 4 aromatic rings. The Labute approximate surface area is 266 Å². The Morgan fingerprint density at radius 1 is 0.889 bits per heavy atom. The number of ether oxygens (including phenoxy) is 2. The van der Waals surface area contributed by atoms with Crippen molar-refractivity contribution in [1.29, 1.82) is 0 Å². The van der Waals surface area contributed by atoms with E-state index in [4.69, 9.17) is 25.2 Å². The van der Waals surface area contributed by atoms with Crippen LogP contribution >= 0.6 is 18.1 Å². The Balaban J connectivity index is 1.47. The Bertz CT molecular complexity index is 1650. The quantitative estimate of drug-likeness (QED) is 0.205. The summed E-state index contributed by atoms with van der Waals surface area (Å²) in [4.78, 5) is 30.1. The molecule has 0 spiro atoms. The first-order chi connectivity index (χ1) is 21.8. The highest BCUT2D eigenvalue weighted by Gasteiger charge is 2.47. The molecule has 10 nitrogen and oxygen atoms in total. The van der Waals surface area contributed by atoms with Crippen LogP contribution in [0.4, 0.5) is 0 Å². The van der Waals surface area contributed by atoms with E-state index in [1.165, 1.54) is 10.8 Å². The predicted octanol–water partition coefficient (Wildman–Crippen LogP) is 4.73. The molecule has 2 fully saturated rings. The fourth-order valence-electron chi connectivity index (χ4n) is 6.27. The van der Waals surface area contributed by atoms with E-state index in [0.717, 1.165) is 16.7 Å². The van der Waals surface area contributed by atoms with Crippen molar-refractivity contribution in [2.45, 2.75) is 24.8 Å². The van der Waals surface area contributed by atoms with Gasteiger partial charge in [-0.1, -0.05) is 91.0 Å². The van der Waals surface area contributed by atoms with Gasteiger partial charge >= 0.3 is 12.6 Å². The molecule has 2 aliphatic rings. The first-order valence-electron chi connectivity index (χ1n) is 15.0. The Morgan fingerprint density at radius 3 is 1.96 bits per heavy atom. The van der Waals surface area contributed by atoms with Crippen LogP contribution < -0.4 is 11.2 Å². The predicted molar refractivity (Wildman–Crippen MR) is 173 cm³/mol. The van der Waals surface area contributed by atoms with Crippen molar-refractivity contribution in [2.24, 2.45) is 0 Å². The van der Waals surface area contributed by atoms with Gasteiger partial charge in [0.2, 0.25) is 0 Å². The maximum Gasteiger partial charge on any atom is 0.363 e. The first kappa shape index (κ1) is 31.6. The molecular formula is C33H36ClN4O6P. The molecule has 1 unspecified atom stereocenters. The zero-order chi connectivity index (χ0) is 31.4. The molecule has 0 amide bonds. The highest BCUT2D eigenvalue weighted by Crippen LogP contribution is 2.56. The van der Waals surface area contributed by atoms with E-state index in [9.17, 15) is 14.2 Å². The minimum absolute atomic E-state index is 0.0866. The smallest absolute Gasteiger partial charge is 0.363 e. The molecule has 0 radical (unpaired) electrons. The van der Waals surface area contributed by atoms with Crippen molar-refractivity contribution >= 4 is 18.1 Å². The summed E-state index contributed by atoms with van der Waals surface area (Å²) in [5.41, 5.74) is 1.57. The summed E-state index contributed by atoms with van der Waals surface area (Å²) in [5.74, 6) is 0. The van der Waals surface area contributed by atoms with Crippen molar-refractivity contribution in [3.05, 3.63) is 140 Å². The fourth-order valence-corrected chi connectivity index (χ4v) is 8.05. The third-order valence-corrected chi connectivity index (χ3v) is 10.9. The lowest BCUT2D eigenvalue weighted by Gasteiger charge is -2.50. The van der Waals surface area contributed by atoms with Crippen molar-refractivity contribution in [2.75, 3.05) is 46.0 Å².